The third-order valence-electron chi connectivity index (χ3n) is 2.55. The van der Waals surface area contributed by atoms with Crippen LogP contribution < -0.4 is 0 Å². The van der Waals surface area contributed by atoms with E-state index in [0.29, 0.717) is 6.54 Å². The number of halogens is 3. The summed E-state index contributed by atoms with van der Waals surface area (Å²) >= 11 is 0. The Hall–Kier alpha value is -1.85. The Labute approximate surface area is 102 Å². The van der Waals surface area contributed by atoms with E-state index in [9.17, 15) is 13.2 Å². The first kappa shape index (κ1) is 12.6. The molecule has 0 aliphatic rings. The Balaban J connectivity index is 2.54. The lowest BCUT2D eigenvalue weighted by atomic mass is 10.1. The summed E-state index contributed by atoms with van der Waals surface area (Å²) < 4.78 is 40.3. The van der Waals surface area contributed by atoms with Gasteiger partial charge in [0.15, 0.2) is 5.82 Å². The molecule has 1 aromatic carbocycles. The average Bonchev–Trinajstić information content (AvgIpc) is 2.77. The van der Waals surface area contributed by atoms with Crippen molar-refractivity contribution in [3.63, 3.8) is 0 Å². The SMILES string of the molecule is CCCn1cnnc1-c1ccccc1C(F)(F)F. The van der Waals surface area contributed by atoms with Crippen molar-refractivity contribution in [3.8, 4) is 11.4 Å². The highest BCUT2D eigenvalue weighted by molar-refractivity contribution is 5.61. The van der Waals surface area contributed by atoms with E-state index in [-0.39, 0.29) is 11.4 Å². The summed E-state index contributed by atoms with van der Waals surface area (Å²) in [6.45, 7) is 2.54. The van der Waals surface area contributed by atoms with Crippen molar-refractivity contribution in [2.24, 2.45) is 0 Å². The third-order valence-corrected chi connectivity index (χ3v) is 2.55. The predicted molar refractivity (Wildman–Crippen MR) is 60.8 cm³/mol. The van der Waals surface area contributed by atoms with Crippen LogP contribution in [0.4, 0.5) is 13.2 Å². The number of aromatic nitrogens is 3. The number of benzene rings is 1. The van der Waals surface area contributed by atoms with Gasteiger partial charge in [-0.15, -0.1) is 10.2 Å². The van der Waals surface area contributed by atoms with Crippen LogP contribution in [0.3, 0.4) is 0 Å². The number of rotatable bonds is 3. The lowest BCUT2D eigenvalue weighted by Crippen LogP contribution is -2.09. The maximum absolute atomic E-state index is 12.9. The average molecular weight is 255 g/mol. The second-order valence-corrected chi connectivity index (χ2v) is 3.89. The smallest absolute Gasteiger partial charge is 0.314 e. The molecule has 3 nitrogen and oxygen atoms in total. The van der Waals surface area contributed by atoms with Gasteiger partial charge in [-0.25, -0.2) is 0 Å². The fourth-order valence-electron chi connectivity index (χ4n) is 1.79. The molecule has 1 aromatic heterocycles. The summed E-state index contributed by atoms with van der Waals surface area (Å²) in [7, 11) is 0. The van der Waals surface area contributed by atoms with Crippen molar-refractivity contribution in [1.82, 2.24) is 14.8 Å². The molecular weight excluding hydrogens is 243 g/mol. The van der Waals surface area contributed by atoms with Gasteiger partial charge in [-0.1, -0.05) is 25.1 Å². The van der Waals surface area contributed by atoms with Crippen LogP contribution in [0, 0.1) is 0 Å². The second-order valence-electron chi connectivity index (χ2n) is 3.89. The predicted octanol–water partition coefficient (Wildman–Crippen LogP) is 3.37. The number of aryl methyl sites for hydroxylation is 1. The van der Waals surface area contributed by atoms with Gasteiger partial charge in [-0.05, 0) is 12.5 Å². The third kappa shape index (κ3) is 2.37. The summed E-state index contributed by atoms with van der Waals surface area (Å²) in [5.74, 6) is 0.254. The Morgan fingerprint density at radius 3 is 2.61 bits per heavy atom. The lowest BCUT2D eigenvalue weighted by molar-refractivity contribution is -0.137. The topological polar surface area (TPSA) is 30.7 Å². The monoisotopic (exact) mass is 255 g/mol. The van der Waals surface area contributed by atoms with Gasteiger partial charge in [0.05, 0.1) is 5.56 Å². The maximum atomic E-state index is 12.9. The molecule has 2 aromatic rings. The van der Waals surface area contributed by atoms with Crippen molar-refractivity contribution in [3.05, 3.63) is 36.2 Å². The van der Waals surface area contributed by atoms with Crippen molar-refractivity contribution in [2.45, 2.75) is 26.1 Å². The first-order valence-electron chi connectivity index (χ1n) is 5.58. The highest BCUT2D eigenvalue weighted by Gasteiger charge is 2.34. The fourth-order valence-corrected chi connectivity index (χ4v) is 1.79. The van der Waals surface area contributed by atoms with Crippen LogP contribution in [0.2, 0.25) is 0 Å². The Morgan fingerprint density at radius 2 is 1.94 bits per heavy atom. The lowest BCUT2D eigenvalue weighted by Gasteiger charge is -2.12. The van der Waals surface area contributed by atoms with Crippen molar-refractivity contribution >= 4 is 0 Å². The Morgan fingerprint density at radius 1 is 1.22 bits per heavy atom. The first-order valence-corrected chi connectivity index (χ1v) is 5.58. The second kappa shape index (κ2) is 4.80. The van der Waals surface area contributed by atoms with Crippen LogP contribution in [0.5, 0.6) is 0 Å². The summed E-state index contributed by atoms with van der Waals surface area (Å²) in [5, 5.41) is 7.48. The van der Waals surface area contributed by atoms with Gasteiger partial charge in [0.1, 0.15) is 6.33 Å². The van der Waals surface area contributed by atoms with Gasteiger partial charge in [-0.2, -0.15) is 13.2 Å². The van der Waals surface area contributed by atoms with E-state index in [0.717, 1.165) is 12.5 Å². The van der Waals surface area contributed by atoms with E-state index in [1.165, 1.54) is 18.5 Å². The zero-order valence-corrected chi connectivity index (χ0v) is 9.78. The number of alkyl halides is 3. The molecule has 0 fully saturated rings. The number of hydrogen-bond acceptors (Lipinski definition) is 2. The van der Waals surface area contributed by atoms with Crippen LogP contribution in [0.1, 0.15) is 18.9 Å². The fraction of sp³-hybridized carbons (Fsp3) is 0.333. The number of nitrogens with zero attached hydrogens (tertiary/aromatic N) is 3. The first-order chi connectivity index (χ1) is 8.54. The van der Waals surface area contributed by atoms with Gasteiger partial charge in [0.25, 0.3) is 0 Å². The van der Waals surface area contributed by atoms with Gasteiger partial charge < -0.3 is 4.57 Å². The molecule has 18 heavy (non-hydrogen) atoms. The zero-order valence-electron chi connectivity index (χ0n) is 9.78. The minimum Gasteiger partial charge on any atom is -0.314 e. The molecule has 0 atom stereocenters. The summed E-state index contributed by atoms with van der Waals surface area (Å²) in [4.78, 5) is 0. The van der Waals surface area contributed by atoms with Crippen LogP contribution in [-0.4, -0.2) is 14.8 Å². The molecule has 0 spiro atoms. The van der Waals surface area contributed by atoms with Gasteiger partial charge >= 0.3 is 6.18 Å². The van der Waals surface area contributed by atoms with Gasteiger partial charge in [0, 0.05) is 12.1 Å². The maximum Gasteiger partial charge on any atom is 0.417 e. The van der Waals surface area contributed by atoms with Crippen LogP contribution in [0.15, 0.2) is 30.6 Å². The highest BCUT2D eigenvalue weighted by atomic mass is 19.4. The molecule has 0 radical (unpaired) electrons. The summed E-state index contributed by atoms with van der Waals surface area (Å²) in [6, 6.07) is 5.40. The molecule has 0 saturated carbocycles. The molecule has 96 valence electrons. The minimum absolute atomic E-state index is 0.0657. The summed E-state index contributed by atoms with van der Waals surface area (Å²) in [5.41, 5.74) is -0.619. The quantitative estimate of drug-likeness (QED) is 0.841. The zero-order chi connectivity index (χ0) is 13.2. The Bertz CT molecular complexity index is 531. The molecule has 6 heteroatoms. The Kier molecular flexibility index (Phi) is 3.36. The highest BCUT2D eigenvalue weighted by Crippen LogP contribution is 2.36. The molecule has 0 saturated heterocycles. The van der Waals surface area contributed by atoms with E-state index in [1.54, 1.807) is 10.6 Å². The molecule has 1 heterocycles. The van der Waals surface area contributed by atoms with Crippen LogP contribution in [0.25, 0.3) is 11.4 Å². The number of hydrogen-bond donors (Lipinski definition) is 0. The molecule has 0 aliphatic heterocycles. The van der Waals surface area contributed by atoms with Gasteiger partial charge in [0.2, 0.25) is 0 Å². The minimum atomic E-state index is -4.39. The van der Waals surface area contributed by atoms with E-state index >= 15 is 0 Å². The van der Waals surface area contributed by atoms with Crippen LogP contribution >= 0.6 is 0 Å². The standard InChI is InChI=1S/C12H12F3N3/c1-2-7-18-8-16-17-11(18)9-5-3-4-6-10(9)12(13,14)15/h3-6,8H,2,7H2,1H3. The van der Waals surface area contributed by atoms with Gasteiger partial charge in [-0.3, -0.25) is 0 Å². The largest absolute Gasteiger partial charge is 0.417 e. The van der Waals surface area contributed by atoms with Crippen LogP contribution in [-0.2, 0) is 12.7 Å². The summed E-state index contributed by atoms with van der Waals surface area (Å²) in [6.07, 6.45) is -2.13. The molecule has 0 bridgehead atoms. The van der Waals surface area contributed by atoms with Crippen molar-refractivity contribution in [1.29, 1.82) is 0 Å². The molecule has 0 aliphatic carbocycles. The molecule has 0 amide bonds. The van der Waals surface area contributed by atoms with Crippen molar-refractivity contribution in [2.75, 3.05) is 0 Å². The van der Waals surface area contributed by atoms with Crippen molar-refractivity contribution < 1.29 is 13.2 Å². The molecular formula is C12H12F3N3. The molecule has 0 unspecified atom stereocenters. The van der Waals surface area contributed by atoms with E-state index in [4.69, 9.17) is 0 Å². The molecule has 2 rings (SSSR count). The van der Waals surface area contributed by atoms with E-state index in [2.05, 4.69) is 10.2 Å². The molecule has 0 N–H and O–H groups in total. The van der Waals surface area contributed by atoms with E-state index < -0.39 is 11.7 Å². The van der Waals surface area contributed by atoms with E-state index in [1.807, 2.05) is 6.92 Å². The normalized spacial score (nSPS) is 11.8.